The number of imidazole rings is 1. The smallest absolute Gasteiger partial charge is 0.144 e. The molecule has 1 heterocycles. The average molecular weight is 234 g/mol. The van der Waals surface area contributed by atoms with E-state index in [2.05, 4.69) is 52.9 Å². The van der Waals surface area contributed by atoms with Crippen LogP contribution in [0.25, 0.3) is 17.1 Å². The maximum atomic E-state index is 4.46. The third-order valence-corrected chi connectivity index (χ3v) is 2.98. The number of nitrogens with zero attached hydrogens (tertiary/aromatic N) is 2. The highest BCUT2D eigenvalue weighted by Gasteiger charge is 2.06. The summed E-state index contributed by atoms with van der Waals surface area (Å²) in [6, 6.07) is 18.7. The number of para-hydroxylation sites is 1. The molecule has 0 saturated carbocycles. The number of hydrogen-bond acceptors (Lipinski definition) is 1. The van der Waals surface area contributed by atoms with Crippen LogP contribution in [0.3, 0.4) is 0 Å². The van der Waals surface area contributed by atoms with Gasteiger partial charge in [-0.25, -0.2) is 4.98 Å². The van der Waals surface area contributed by atoms with Crippen molar-refractivity contribution in [3.8, 4) is 17.1 Å². The maximum absolute atomic E-state index is 4.46. The predicted molar refractivity (Wildman–Crippen MR) is 73.7 cm³/mol. The molecule has 88 valence electrons. The Bertz CT molecular complexity index is 636. The summed E-state index contributed by atoms with van der Waals surface area (Å²) in [6.07, 6.45) is 3.83. The number of rotatable bonds is 2. The van der Waals surface area contributed by atoms with Crippen molar-refractivity contribution in [3.63, 3.8) is 0 Å². The number of benzene rings is 2. The molecule has 0 spiro atoms. The first-order valence-corrected chi connectivity index (χ1v) is 6.00. The lowest BCUT2D eigenvalue weighted by molar-refractivity contribution is 1.07. The standard InChI is InChI=1S/C16H14N2/c1-13-7-9-14(10-8-13)16-17-11-12-18(16)15-5-3-2-4-6-15/h2-12H,1H3. The normalized spacial score (nSPS) is 10.5. The molecule has 0 aliphatic carbocycles. The molecule has 0 aliphatic heterocycles. The highest BCUT2D eigenvalue weighted by atomic mass is 15.1. The van der Waals surface area contributed by atoms with Gasteiger partial charge in [0, 0.05) is 23.6 Å². The van der Waals surface area contributed by atoms with Gasteiger partial charge in [-0.2, -0.15) is 0 Å². The summed E-state index contributed by atoms with van der Waals surface area (Å²) in [4.78, 5) is 4.46. The molecule has 0 atom stereocenters. The largest absolute Gasteiger partial charge is 0.300 e. The van der Waals surface area contributed by atoms with Crippen LogP contribution in [-0.2, 0) is 0 Å². The predicted octanol–water partition coefficient (Wildman–Crippen LogP) is 3.85. The molecule has 3 rings (SSSR count). The van der Waals surface area contributed by atoms with Crippen molar-refractivity contribution in [1.29, 1.82) is 0 Å². The van der Waals surface area contributed by atoms with Crippen molar-refractivity contribution >= 4 is 0 Å². The summed E-state index contributed by atoms with van der Waals surface area (Å²) in [5.41, 5.74) is 3.52. The molecule has 2 nitrogen and oxygen atoms in total. The lowest BCUT2D eigenvalue weighted by atomic mass is 10.1. The highest BCUT2D eigenvalue weighted by Crippen LogP contribution is 2.21. The van der Waals surface area contributed by atoms with E-state index < -0.39 is 0 Å². The molecular weight excluding hydrogens is 220 g/mol. The fourth-order valence-corrected chi connectivity index (χ4v) is 2.02. The zero-order valence-corrected chi connectivity index (χ0v) is 10.2. The van der Waals surface area contributed by atoms with Crippen molar-refractivity contribution < 1.29 is 0 Å². The van der Waals surface area contributed by atoms with Gasteiger partial charge in [-0.1, -0.05) is 48.0 Å². The first-order chi connectivity index (χ1) is 8.84. The van der Waals surface area contributed by atoms with E-state index >= 15 is 0 Å². The van der Waals surface area contributed by atoms with Crippen molar-refractivity contribution in [2.45, 2.75) is 6.92 Å². The molecule has 0 bridgehead atoms. The molecule has 1 aromatic heterocycles. The van der Waals surface area contributed by atoms with Crippen LogP contribution in [0.15, 0.2) is 67.0 Å². The van der Waals surface area contributed by atoms with E-state index in [4.69, 9.17) is 0 Å². The lowest BCUT2D eigenvalue weighted by Crippen LogP contribution is -1.95. The molecular formula is C16H14N2. The SMILES string of the molecule is Cc1ccc(-c2nccn2-c2ccccc2)cc1. The summed E-state index contributed by atoms with van der Waals surface area (Å²) in [5, 5.41) is 0. The number of hydrogen-bond donors (Lipinski definition) is 0. The topological polar surface area (TPSA) is 17.8 Å². The van der Waals surface area contributed by atoms with Gasteiger partial charge in [0.25, 0.3) is 0 Å². The van der Waals surface area contributed by atoms with Crippen LogP contribution in [0.5, 0.6) is 0 Å². The molecule has 0 amide bonds. The maximum Gasteiger partial charge on any atom is 0.144 e. The van der Waals surface area contributed by atoms with Crippen molar-refractivity contribution in [2.75, 3.05) is 0 Å². The van der Waals surface area contributed by atoms with Gasteiger partial charge in [0.15, 0.2) is 0 Å². The first kappa shape index (κ1) is 10.8. The monoisotopic (exact) mass is 234 g/mol. The molecule has 0 saturated heterocycles. The van der Waals surface area contributed by atoms with Gasteiger partial charge >= 0.3 is 0 Å². The third kappa shape index (κ3) is 1.93. The molecule has 0 N–H and O–H groups in total. The van der Waals surface area contributed by atoms with Crippen LogP contribution in [0.2, 0.25) is 0 Å². The first-order valence-electron chi connectivity index (χ1n) is 6.00. The molecule has 2 aromatic carbocycles. The Balaban J connectivity index is 2.10. The van der Waals surface area contributed by atoms with E-state index in [9.17, 15) is 0 Å². The van der Waals surface area contributed by atoms with Crippen LogP contribution >= 0.6 is 0 Å². The molecule has 0 unspecified atom stereocenters. The summed E-state index contributed by atoms with van der Waals surface area (Å²) < 4.78 is 2.10. The molecule has 0 aliphatic rings. The van der Waals surface area contributed by atoms with Gasteiger partial charge in [0.2, 0.25) is 0 Å². The zero-order chi connectivity index (χ0) is 12.4. The number of aryl methyl sites for hydroxylation is 1. The van der Waals surface area contributed by atoms with E-state index in [0.717, 1.165) is 17.1 Å². The van der Waals surface area contributed by atoms with Gasteiger partial charge in [-0.3, -0.25) is 4.57 Å². The fourth-order valence-electron chi connectivity index (χ4n) is 2.02. The van der Waals surface area contributed by atoms with Gasteiger partial charge in [-0.05, 0) is 19.1 Å². The van der Waals surface area contributed by atoms with Crippen LogP contribution in [0, 0.1) is 6.92 Å². The Morgan fingerprint density at radius 3 is 2.33 bits per heavy atom. The Morgan fingerprint density at radius 1 is 0.889 bits per heavy atom. The second-order valence-electron chi connectivity index (χ2n) is 4.32. The summed E-state index contributed by atoms with van der Waals surface area (Å²) >= 11 is 0. The highest BCUT2D eigenvalue weighted by molar-refractivity contribution is 5.59. The summed E-state index contributed by atoms with van der Waals surface area (Å²) in [6.45, 7) is 2.09. The lowest BCUT2D eigenvalue weighted by Gasteiger charge is -2.07. The van der Waals surface area contributed by atoms with Gasteiger partial charge < -0.3 is 0 Å². The van der Waals surface area contributed by atoms with Crippen LogP contribution in [0.4, 0.5) is 0 Å². The van der Waals surface area contributed by atoms with Crippen molar-refractivity contribution in [2.24, 2.45) is 0 Å². The summed E-state index contributed by atoms with van der Waals surface area (Å²) in [5.74, 6) is 0.973. The van der Waals surface area contributed by atoms with E-state index in [-0.39, 0.29) is 0 Å². The quantitative estimate of drug-likeness (QED) is 0.658. The van der Waals surface area contributed by atoms with Gasteiger partial charge in [0.1, 0.15) is 5.82 Å². The molecule has 0 radical (unpaired) electrons. The molecule has 18 heavy (non-hydrogen) atoms. The number of aromatic nitrogens is 2. The Kier molecular flexibility index (Phi) is 2.69. The third-order valence-electron chi connectivity index (χ3n) is 2.98. The second-order valence-corrected chi connectivity index (χ2v) is 4.32. The Morgan fingerprint density at radius 2 is 1.61 bits per heavy atom. The molecule has 2 heteroatoms. The van der Waals surface area contributed by atoms with Crippen molar-refractivity contribution in [3.05, 3.63) is 72.6 Å². The minimum Gasteiger partial charge on any atom is -0.300 e. The minimum absolute atomic E-state index is 0.973. The summed E-state index contributed by atoms with van der Waals surface area (Å²) in [7, 11) is 0. The van der Waals surface area contributed by atoms with E-state index in [1.165, 1.54) is 5.56 Å². The Labute approximate surface area is 107 Å². The molecule has 3 aromatic rings. The van der Waals surface area contributed by atoms with Crippen LogP contribution in [-0.4, -0.2) is 9.55 Å². The van der Waals surface area contributed by atoms with E-state index in [1.54, 1.807) is 0 Å². The second kappa shape index (κ2) is 4.49. The minimum atomic E-state index is 0.973. The van der Waals surface area contributed by atoms with Crippen LogP contribution in [0.1, 0.15) is 5.56 Å². The van der Waals surface area contributed by atoms with Crippen LogP contribution < -0.4 is 0 Å². The van der Waals surface area contributed by atoms with E-state index in [0.29, 0.717) is 0 Å². The zero-order valence-electron chi connectivity index (χ0n) is 10.2. The molecule has 0 fully saturated rings. The van der Waals surface area contributed by atoms with Gasteiger partial charge in [0.05, 0.1) is 0 Å². The fraction of sp³-hybridized carbons (Fsp3) is 0.0625. The Hall–Kier alpha value is -2.35. The van der Waals surface area contributed by atoms with Crippen molar-refractivity contribution in [1.82, 2.24) is 9.55 Å². The van der Waals surface area contributed by atoms with E-state index in [1.807, 2.05) is 30.6 Å². The van der Waals surface area contributed by atoms with Gasteiger partial charge in [-0.15, -0.1) is 0 Å². The average Bonchev–Trinajstić information content (AvgIpc) is 2.90.